The first-order valence-electron chi connectivity index (χ1n) is 6.82. The lowest BCUT2D eigenvalue weighted by Gasteiger charge is -2.20. The predicted octanol–water partition coefficient (Wildman–Crippen LogP) is 4.82. The molecule has 0 aliphatic rings. The van der Waals surface area contributed by atoms with Crippen molar-refractivity contribution in [2.24, 2.45) is 0 Å². The zero-order valence-electron chi connectivity index (χ0n) is 12.3. The first kappa shape index (κ1) is 16.7. The molecule has 0 fully saturated rings. The smallest absolute Gasteiger partial charge is 0.0834 e. The number of nitrogens with one attached hydrogen (secondary N) is 1. The van der Waals surface area contributed by atoms with E-state index >= 15 is 0 Å². The Morgan fingerprint density at radius 3 is 2.57 bits per heavy atom. The van der Waals surface area contributed by atoms with Gasteiger partial charge in [-0.15, -0.1) is 11.8 Å². The molecule has 0 aliphatic carbocycles. The van der Waals surface area contributed by atoms with Crippen LogP contribution in [0.4, 0.5) is 0 Å². The van der Waals surface area contributed by atoms with Gasteiger partial charge in [0, 0.05) is 16.7 Å². The third kappa shape index (κ3) is 3.95. The highest BCUT2D eigenvalue weighted by Crippen LogP contribution is 2.32. The average molecular weight is 344 g/mol. The van der Waals surface area contributed by atoms with Crippen LogP contribution in [0.1, 0.15) is 31.6 Å². The Morgan fingerprint density at radius 2 is 1.95 bits per heavy atom. The highest BCUT2D eigenvalue weighted by molar-refractivity contribution is 7.99. The standard InChI is InChI=1S/C15H19Cl2N3S/c1-10(2)20-15(12(17)8-19-20)13(18-3)9-21-14-7-5-4-6-11(14)16/h4-8,10,13,18H,9H2,1-3H3. The van der Waals surface area contributed by atoms with Gasteiger partial charge in [0.25, 0.3) is 0 Å². The molecule has 2 rings (SSSR count). The summed E-state index contributed by atoms with van der Waals surface area (Å²) in [5.74, 6) is 0.832. The lowest BCUT2D eigenvalue weighted by Crippen LogP contribution is -2.23. The van der Waals surface area contributed by atoms with Gasteiger partial charge >= 0.3 is 0 Å². The lowest BCUT2D eigenvalue weighted by molar-refractivity contribution is 0.477. The van der Waals surface area contributed by atoms with Crippen molar-refractivity contribution in [1.29, 1.82) is 0 Å². The highest BCUT2D eigenvalue weighted by Gasteiger charge is 2.21. The van der Waals surface area contributed by atoms with Gasteiger partial charge in [-0.3, -0.25) is 4.68 Å². The minimum absolute atomic E-state index is 0.115. The molecule has 0 spiro atoms. The molecule has 0 saturated heterocycles. The Labute approximate surface area is 140 Å². The van der Waals surface area contributed by atoms with Crippen LogP contribution in [0.3, 0.4) is 0 Å². The Bertz CT molecular complexity index is 598. The molecule has 0 bridgehead atoms. The van der Waals surface area contributed by atoms with Gasteiger partial charge in [0.05, 0.1) is 28.0 Å². The van der Waals surface area contributed by atoms with Gasteiger partial charge in [0.1, 0.15) is 0 Å². The van der Waals surface area contributed by atoms with Crippen LogP contribution in [0.15, 0.2) is 35.4 Å². The second-order valence-electron chi connectivity index (χ2n) is 5.00. The summed E-state index contributed by atoms with van der Waals surface area (Å²) in [5.41, 5.74) is 1.02. The maximum atomic E-state index is 6.32. The molecule has 21 heavy (non-hydrogen) atoms. The number of rotatable bonds is 6. The van der Waals surface area contributed by atoms with Crippen LogP contribution in [0.2, 0.25) is 10.0 Å². The van der Waals surface area contributed by atoms with Crippen molar-refractivity contribution in [3.05, 3.63) is 46.2 Å². The second-order valence-corrected chi connectivity index (χ2v) is 6.87. The van der Waals surface area contributed by atoms with Gasteiger partial charge in [-0.1, -0.05) is 35.3 Å². The molecule has 0 amide bonds. The van der Waals surface area contributed by atoms with E-state index in [4.69, 9.17) is 23.2 Å². The Kier molecular flexibility index (Phi) is 5.99. The van der Waals surface area contributed by atoms with E-state index < -0.39 is 0 Å². The Balaban J connectivity index is 2.17. The van der Waals surface area contributed by atoms with E-state index in [0.717, 1.165) is 21.4 Å². The molecule has 0 saturated carbocycles. The summed E-state index contributed by atoms with van der Waals surface area (Å²) in [7, 11) is 1.94. The van der Waals surface area contributed by atoms with Gasteiger partial charge in [0.2, 0.25) is 0 Å². The summed E-state index contributed by atoms with van der Waals surface area (Å²) in [6, 6.07) is 8.25. The fourth-order valence-corrected chi connectivity index (χ4v) is 3.73. The SMILES string of the molecule is CNC(CSc1ccccc1Cl)c1c(Cl)cnn1C(C)C. The molecule has 1 unspecified atom stereocenters. The van der Waals surface area contributed by atoms with Crippen molar-refractivity contribution in [2.45, 2.75) is 30.8 Å². The number of hydrogen-bond donors (Lipinski definition) is 1. The number of nitrogens with zero attached hydrogens (tertiary/aromatic N) is 2. The maximum absolute atomic E-state index is 6.32. The van der Waals surface area contributed by atoms with Crippen molar-refractivity contribution in [3.8, 4) is 0 Å². The van der Waals surface area contributed by atoms with E-state index in [2.05, 4.69) is 24.3 Å². The molecule has 1 heterocycles. The van der Waals surface area contributed by atoms with E-state index in [9.17, 15) is 0 Å². The van der Waals surface area contributed by atoms with Crippen LogP contribution in [0.5, 0.6) is 0 Å². The number of benzene rings is 1. The lowest BCUT2D eigenvalue weighted by atomic mass is 10.2. The van der Waals surface area contributed by atoms with Crippen LogP contribution < -0.4 is 5.32 Å². The quantitative estimate of drug-likeness (QED) is 0.762. The molecule has 6 heteroatoms. The third-order valence-electron chi connectivity index (χ3n) is 3.20. The van der Waals surface area contributed by atoms with Crippen LogP contribution in [-0.2, 0) is 0 Å². The number of hydrogen-bond acceptors (Lipinski definition) is 3. The highest BCUT2D eigenvalue weighted by atomic mass is 35.5. The molecule has 1 aromatic heterocycles. The Hall–Kier alpha value is -0.680. The monoisotopic (exact) mass is 343 g/mol. The van der Waals surface area contributed by atoms with Crippen molar-refractivity contribution in [2.75, 3.05) is 12.8 Å². The topological polar surface area (TPSA) is 29.9 Å². The third-order valence-corrected chi connectivity index (χ3v) is 5.10. The first-order chi connectivity index (χ1) is 10.0. The summed E-state index contributed by atoms with van der Waals surface area (Å²) in [6.07, 6.45) is 1.71. The second kappa shape index (κ2) is 7.54. The molecule has 1 aromatic carbocycles. The summed E-state index contributed by atoms with van der Waals surface area (Å²) in [6.45, 7) is 4.20. The van der Waals surface area contributed by atoms with Crippen LogP contribution in [0, 0.1) is 0 Å². The van der Waals surface area contributed by atoms with Crippen molar-refractivity contribution in [3.63, 3.8) is 0 Å². The maximum Gasteiger partial charge on any atom is 0.0834 e. The summed E-state index contributed by atoms with van der Waals surface area (Å²) in [5, 5.41) is 9.16. The van der Waals surface area contributed by atoms with Crippen LogP contribution in [0.25, 0.3) is 0 Å². The number of aromatic nitrogens is 2. The summed E-state index contributed by atoms with van der Waals surface area (Å²) in [4.78, 5) is 1.08. The molecule has 0 radical (unpaired) electrons. The molecule has 0 aliphatic heterocycles. The van der Waals surface area contributed by atoms with Crippen molar-refractivity contribution in [1.82, 2.24) is 15.1 Å². The summed E-state index contributed by atoms with van der Waals surface area (Å²) < 4.78 is 1.97. The van der Waals surface area contributed by atoms with Gasteiger partial charge in [0.15, 0.2) is 0 Å². The molecular formula is C15H19Cl2N3S. The minimum atomic E-state index is 0.115. The molecular weight excluding hydrogens is 325 g/mol. The number of thioether (sulfide) groups is 1. The first-order valence-corrected chi connectivity index (χ1v) is 8.56. The molecule has 3 nitrogen and oxygen atoms in total. The predicted molar refractivity (Wildman–Crippen MR) is 91.6 cm³/mol. The van der Waals surface area contributed by atoms with Gasteiger partial charge < -0.3 is 5.32 Å². The van der Waals surface area contributed by atoms with Crippen LogP contribution >= 0.6 is 35.0 Å². The normalized spacial score (nSPS) is 12.9. The number of halogens is 2. The fraction of sp³-hybridized carbons (Fsp3) is 0.400. The van der Waals surface area contributed by atoms with E-state index in [1.807, 2.05) is 36.0 Å². The minimum Gasteiger partial charge on any atom is -0.311 e. The molecule has 1 atom stereocenters. The van der Waals surface area contributed by atoms with Crippen LogP contribution in [-0.4, -0.2) is 22.6 Å². The van der Waals surface area contributed by atoms with E-state index in [1.165, 1.54) is 0 Å². The largest absolute Gasteiger partial charge is 0.311 e. The zero-order chi connectivity index (χ0) is 15.4. The van der Waals surface area contributed by atoms with E-state index in [0.29, 0.717) is 5.02 Å². The van der Waals surface area contributed by atoms with E-state index in [-0.39, 0.29) is 12.1 Å². The fourth-order valence-electron chi connectivity index (χ4n) is 2.12. The van der Waals surface area contributed by atoms with E-state index in [1.54, 1.807) is 18.0 Å². The van der Waals surface area contributed by atoms with Gasteiger partial charge in [-0.25, -0.2) is 0 Å². The molecule has 114 valence electrons. The van der Waals surface area contributed by atoms with Gasteiger partial charge in [-0.05, 0) is 33.0 Å². The van der Waals surface area contributed by atoms with Crippen molar-refractivity contribution < 1.29 is 0 Å². The average Bonchev–Trinajstić information content (AvgIpc) is 2.84. The zero-order valence-corrected chi connectivity index (χ0v) is 14.6. The summed E-state index contributed by atoms with van der Waals surface area (Å²) >= 11 is 14.2. The van der Waals surface area contributed by atoms with Crippen molar-refractivity contribution >= 4 is 35.0 Å². The van der Waals surface area contributed by atoms with Gasteiger partial charge in [-0.2, -0.15) is 5.10 Å². The molecule has 1 N–H and O–H groups in total. The molecule has 2 aromatic rings. The Morgan fingerprint density at radius 1 is 1.24 bits per heavy atom.